The number of methoxy groups -OCH3 is 1. The molecule has 0 spiro atoms. The summed E-state index contributed by atoms with van der Waals surface area (Å²) in [5.74, 6) is 0.149. The van der Waals surface area contributed by atoms with E-state index in [1.165, 1.54) is 7.11 Å². The molecule has 0 rings (SSSR count). The lowest BCUT2D eigenvalue weighted by molar-refractivity contribution is -0.140. The fourth-order valence-electron chi connectivity index (χ4n) is 2.14. The van der Waals surface area contributed by atoms with E-state index in [9.17, 15) is 9.59 Å². The van der Waals surface area contributed by atoms with Crippen molar-refractivity contribution in [2.45, 2.75) is 51.9 Å². The van der Waals surface area contributed by atoms with Crippen LogP contribution < -0.4 is 5.32 Å². The average Bonchev–Trinajstić information content (AvgIpc) is 2.46. The van der Waals surface area contributed by atoms with Crippen molar-refractivity contribution >= 4 is 11.9 Å². The lowest BCUT2D eigenvalue weighted by Gasteiger charge is -2.17. The van der Waals surface area contributed by atoms with Gasteiger partial charge >= 0.3 is 5.97 Å². The fraction of sp³-hybridized carbons (Fsp3) is 0.875. The number of amides is 1. The number of unbranched alkanes of at least 4 members (excludes halogenated alkanes) is 3. The molecule has 1 amide bonds. The van der Waals surface area contributed by atoms with Crippen LogP contribution in [-0.2, 0) is 14.3 Å². The molecule has 0 heterocycles. The summed E-state index contributed by atoms with van der Waals surface area (Å²) in [7, 11) is 5.47. The van der Waals surface area contributed by atoms with Crippen molar-refractivity contribution in [1.82, 2.24) is 10.2 Å². The maximum Gasteiger partial charge on any atom is 0.305 e. The molecule has 1 atom stereocenters. The molecule has 1 unspecified atom stereocenters. The van der Waals surface area contributed by atoms with Crippen LogP contribution in [0.4, 0.5) is 0 Å². The molecule has 0 aromatic rings. The van der Waals surface area contributed by atoms with E-state index in [1.807, 2.05) is 14.1 Å². The van der Waals surface area contributed by atoms with Gasteiger partial charge in [0.1, 0.15) is 0 Å². The molecule has 0 aromatic carbocycles. The van der Waals surface area contributed by atoms with E-state index in [4.69, 9.17) is 0 Å². The van der Waals surface area contributed by atoms with Gasteiger partial charge in [0.05, 0.1) is 7.11 Å². The van der Waals surface area contributed by atoms with Crippen LogP contribution in [0.15, 0.2) is 0 Å². The Labute approximate surface area is 130 Å². The third-order valence-electron chi connectivity index (χ3n) is 3.62. The van der Waals surface area contributed by atoms with Gasteiger partial charge < -0.3 is 15.0 Å². The smallest absolute Gasteiger partial charge is 0.305 e. The molecular formula is C16H34N2O3. The standard InChI is InChI=1S/C16H32N2O3.H2/c1-5-14(11-13-18(2)3)16(20)17-12-9-7-6-8-10-15(19)21-4;/h14H,5-13H2,1-4H3,(H,17,20);1H. The zero-order valence-corrected chi connectivity index (χ0v) is 14.1. The van der Waals surface area contributed by atoms with Gasteiger partial charge in [0, 0.05) is 20.3 Å². The molecule has 0 bridgehead atoms. The van der Waals surface area contributed by atoms with Crippen molar-refractivity contribution in [3.05, 3.63) is 0 Å². The van der Waals surface area contributed by atoms with Crippen molar-refractivity contribution in [2.75, 3.05) is 34.3 Å². The van der Waals surface area contributed by atoms with Gasteiger partial charge in [-0.05, 0) is 46.3 Å². The predicted octanol–water partition coefficient (Wildman–Crippen LogP) is 2.45. The van der Waals surface area contributed by atoms with Crippen LogP contribution in [0.25, 0.3) is 0 Å². The van der Waals surface area contributed by atoms with Gasteiger partial charge in [-0.25, -0.2) is 0 Å². The minimum atomic E-state index is -0.144. The lowest BCUT2D eigenvalue weighted by Crippen LogP contribution is -2.33. The molecule has 0 saturated carbocycles. The zero-order valence-electron chi connectivity index (χ0n) is 14.1. The third-order valence-corrected chi connectivity index (χ3v) is 3.62. The molecule has 0 aliphatic rings. The molecule has 126 valence electrons. The van der Waals surface area contributed by atoms with Crippen molar-refractivity contribution in [2.24, 2.45) is 5.92 Å². The summed E-state index contributed by atoms with van der Waals surface area (Å²) in [6.45, 7) is 3.74. The number of hydrogen-bond donors (Lipinski definition) is 1. The highest BCUT2D eigenvalue weighted by molar-refractivity contribution is 5.78. The summed E-state index contributed by atoms with van der Waals surface area (Å²) in [6, 6.07) is 0. The number of ether oxygens (including phenoxy) is 1. The van der Waals surface area contributed by atoms with Gasteiger partial charge in [-0.2, -0.15) is 0 Å². The summed E-state index contributed by atoms with van der Waals surface area (Å²) >= 11 is 0. The van der Waals surface area contributed by atoms with E-state index in [0.29, 0.717) is 6.42 Å². The van der Waals surface area contributed by atoms with Crippen molar-refractivity contribution in [1.29, 1.82) is 0 Å². The quantitative estimate of drug-likeness (QED) is 0.444. The second-order valence-electron chi connectivity index (χ2n) is 5.73. The van der Waals surface area contributed by atoms with Crippen LogP contribution in [0.3, 0.4) is 0 Å². The summed E-state index contributed by atoms with van der Waals surface area (Å²) in [4.78, 5) is 25.0. The molecular weight excluding hydrogens is 268 g/mol. The fourth-order valence-corrected chi connectivity index (χ4v) is 2.14. The molecule has 0 aliphatic carbocycles. The van der Waals surface area contributed by atoms with Gasteiger partial charge in [-0.15, -0.1) is 0 Å². The van der Waals surface area contributed by atoms with E-state index < -0.39 is 0 Å². The number of nitrogens with one attached hydrogen (secondary N) is 1. The molecule has 5 nitrogen and oxygen atoms in total. The van der Waals surface area contributed by atoms with Gasteiger partial charge in [-0.1, -0.05) is 19.8 Å². The first-order valence-corrected chi connectivity index (χ1v) is 8.00. The molecule has 0 aromatic heterocycles. The van der Waals surface area contributed by atoms with Crippen molar-refractivity contribution in [3.63, 3.8) is 0 Å². The number of hydrogen-bond acceptors (Lipinski definition) is 4. The van der Waals surface area contributed by atoms with Crippen LogP contribution in [-0.4, -0.2) is 51.1 Å². The maximum atomic E-state index is 12.0. The highest BCUT2D eigenvalue weighted by atomic mass is 16.5. The number of esters is 1. The highest BCUT2D eigenvalue weighted by Gasteiger charge is 2.15. The van der Waals surface area contributed by atoms with E-state index >= 15 is 0 Å². The average molecular weight is 302 g/mol. The van der Waals surface area contributed by atoms with E-state index in [1.54, 1.807) is 0 Å². The molecule has 0 saturated heterocycles. The molecule has 0 aliphatic heterocycles. The Balaban J connectivity index is 0. The Morgan fingerprint density at radius 2 is 1.86 bits per heavy atom. The largest absolute Gasteiger partial charge is 0.469 e. The Morgan fingerprint density at radius 3 is 2.43 bits per heavy atom. The van der Waals surface area contributed by atoms with Crippen LogP contribution in [0, 0.1) is 5.92 Å². The predicted molar refractivity (Wildman–Crippen MR) is 87.2 cm³/mol. The monoisotopic (exact) mass is 302 g/mol. The normalized spacial score (nSPS) is 12.2. The summed E-state index contributed by atoms with van der Waals surface area (Å²) in [5, 5.41) is 3.02. The van der Waals surface area contributed by atoms with Gasteiger partial charge in [0.15, 0.2) is 0 Å². The van der Waals surface area contributed by atoms with Crippen molar-refractivity contribution in [3.8, 4) is 0 Å². The van der Waals surface area contributed by atoms with Crippen LogP contribution in [0.1, 0.15) is 53.3 Å². The SMILES string of the molecule is CCC(CCN(C)C)C(=O)NCCCCCCC(=O)OC.[HH]. The zero-order chi connectivity index (χ0) is 16.1. The second-order valence-corrected chi connectivity index (χ2v) is 5.73. The topological polar surface area (TPSA) is 58.6 Å². The van der Waals surface area contributed by atoms with E-state index in [2.05, 4.69) is 21.9 Å². The van der Waals surface area contributed by atoms with Crippen LogP contribution in [0.2, 0.25) is 0 Å². The van der Waals surface area contributed by atoms with Crippen molar-refractivity contribution < 1.29 is 15.8 Å². The van der Waals surface area contributed by atoms with E-state index in [-0.39, 0.29) is 19.2 Å². The number of rotatable bonds is 12. The summed E-state index contributed by atoms with van der Waals surface area (Å²) in [5.41, 5.74) is 0. The summed E-state index contributed by atoms with van der Waals surface area (Å²) in [6.07, 6.45) is 6.16. The van der Waals surface area contributed by atoms with Gasteiger partial charge in [0.2, 0.25) is 5.91 Å². The van der Waals surface area contributed by atoms with E-state index in [0.717, 1.165) is 51.6 Å². The first kappa shape index (κ1) is 19.9. The number of carbonyl (C=O) groups excluding carboxylic acids is 2. The van der Waals surface area contributed by atoms with Gasteiger partial charge in [0.25, 0.3) is 0 Å². The highest BCUT2D eigenvalue weighted by Crippen LogP contribution is 2.09. The first-order valence-electron chi connectivity index (χ1n) is 8.00. The molecule has 21 heavy (non-hydrogen) atoms. The number of nitrogens with zero attached hydrogens (tertiary/aromatic N) is 1. The Bertz CT molecular complexity index is 299. The Hall–Kier alpha value is -1.10. The number of carbonyl (C=O) groups is 2. The van der Waals surface area contributed by atoms with Crippen LogP contribution >= 0.6 is 0 Å². The minimum absolute atomic E-state index is 0. The Kier molecular flexibility index (Phi) is 12.0. The molecule has 5 heteroatoms. The summed E-state index contributed by atoms with van der Waals surface area (Å²) < 4.78 is 4.59. The second kappa shape index (κ2) is 12.6. The molecule has 0 fully saturated rings. The third kappa shape index (κ3) is 11.3. The Morgan fingerprint density at radius 1 is 1.19 bits per heavy atom. The molecule has 0 radical (unpaired) electrons. The van der Waals surface area contributed by atoms with Gasteiger partial charge in [-0.3, -0.25) is 9.59 Å². The first-order chi connectivity index (χ1) is 10.0. The lowest BCUT2D eigenvalue weighted by atomic mass is 10.0. The minimum Gasteiger partial charge on any atom is -0.469 e. The molecule has 1 N–H and O–H groups in total. The van der Waals surface area contributed by atoms with Crippen LogP contribution in [0.5, 0.6) is 0 Å². The maximum absolute atomic E-state index is 12.0.